The Hall–Kier alpha value is -3.32. The fourth-order valence-corrected chi connectivity index (χ4v) is 4.31. The van der Waals surface area contributed by atoms with Crippen molar-refractivity contribution in [3.8, 4) is 11.3 Å². The average molecular weight is 419 g/mol. The highest BCUT2D eigenvalue weighted by Gasteiger charge is 2.15. The van der Waals surface area contributed by atoms with Gasteiger partial charge in [0.05, 0.1) is 23.2 Å². The van der Waals surface area contributed by atoms with E-state index in [-0.39, 0.29) is 17.9 Å². The SMILES string of the molecule is CCCc1ccc(-c2nc(NC(=O)Cc3n[nH]c(=O)c4ccccc34)sc2C)cc1. The van der Waals surface area contributed by atoms with Crippen molar-refractivity contribution in [1.82, 2.24) is 15.2 Å². The maximum absolute atomic E-state index is 12.6. The first-order valence-corrected chi connectivity index (χ1v) is 10.7. The number of nitrogens with one attached hydrogen (secondary N) is 2. The molecular weight excluding hydrogens is 396 g/mol. The molecule has 0 aliphatic heterocycles. The van der Waals surface area contributed by atoms with Crippen molar-refractivity contribution in [2.75, 3.05) is 5.32 Å². The van der Waals surface area contributed by atoms with E-state index in [9.17, 15) is 9.59 Å². The van der Waals surface area contributed by atoms with E-state index in [1.165, 1.54) is 16.9 Å². The number of rotatable bonds is 6. The van der Waals surface area contributed by atoms with Crippen LogP contribution < -0.4 is 10.9 Å². The van der Waals surface area contributed by atoms with Crippen LogP contribution in [0.5, 0.6) is 0 Å². The van der Waals surface area contributed by atoms with E-state index < -0.39 is 0 Å². The van der Waals surface area contributed by atoms with E-state index >= 15 is 0 Å². The smallest absolute Gasteiger partial charge is 0.272 e. The molecule has 30 heavy (non-hydrogen) atoms. The van der Waals surface area contributed by atoms with Crippen LogP contribution >= 0.6 is 11.3 Å². The van der Waals surface area contributed by atoms with Crippen molar-refractivity contribution in [2.24, 2.45) is 0 Å². The van der Waals surface area contributed by atoms with Crippen LogP contribution in [0.1, 0.15) is 29.5 Å². The Morgan fingerprint density at radius 3 is 2.57 bits per heavy atom. The lowest BCUT2D eigenvalue weighted by molar-refractivity contribution is -0.115. The van der Waals surface area contributed by atoms with Gasteiger partial charge in [0, 0.05) is 15.8 Å². The number of fused-ring (bicyclic) bond motifs is 1. The topological polar surface area (TPSA) is 87.7 Å². The van der Waals surface area contributed by atoms with Crippen LogP contribution in [0.15, 0.2) is 53.3 Å². The number of aromatic amines is 1. The van der Waals surface area contributed by atoms with Crippen LogP contribution in [0.25, 0.3) is 22.0 Å². The average Bonchev–Trinajstić information content (AvgIpc) is 3.11. The predicted molar refractivity (Wildman–Crippen MR) is 121 cm³/mol. The molecular formula is C23H22N4O2S. The number of hydrogen-bond donors (Lipinski definition) is 2. The van der Waals surface area contributed by atoms with Gasteiger partial charge < -0.3 is 5.32 Å². The molecule has 6 nitrogen and oxygen atoms in total. The molecule has 0 saturated heterocycles. The molecule has 152 valence electrons. The van der Waals surface area contributed by atoms with Gasteiger partial charge in [0.25, 0.3) is 5.56 Å². The molecule has 7 heteroatoms. The summed E-state index contributed by atoms with van der Waals surface area (Å²) in [6.45, 7) is 4.17. The summed E-state index contributed by atoms with van der Waals surface area (Å²) in [7, 11) is 0. The number of nitrogens with zero attached hydrogens (tertiary/aromatic N) is 2. The quantitative estimate of drug-likeness (QED) is 0.483. The van der Waals surface area contributed by atoms with Crippen molar-refractivity contribution in [2.45, 2.75) is 33.1 Å². The Bertz CT molecular complexity index is 1260. The fraction of sp³-hybridized carbons (Fsp3) is 0.217. The summed E-state index contributed by atoms with van der Waals surface area (Å²) in [5.41, 5.74) is 3.49. The van der Waals surface area contributed by atoms with Crippen molar-refractivity contribution >= 4 is 33.1 Å². The number of aromatic nitrogens is 3. The third-order valence-corrected chi connectivity index (χ3v) is 5.80. The van der Waals surface area contributed by atoms with Gasteiger partial charge in [-0.1, -0.05) is 55.8 Å². The second kappa shape index (κ2) is 8.59. The molecule has 2 N–H and O–H groups in total. The van der Waals surface area contributed by atoms with Gasteiger partial charge in [-0.05, 0) is 25.0 Å². The van der Waals surface area contributed by atoms with Gasteiger partial charge >= 0.3 is 0 Å². The van der Waals surface area contributed by atoms with Crippen LogP contribution in [0.4, 0.5) is 5.13 Å². The Morgan fingerprint density at radius 1 is 1.10 bits per heavy atom. The number of anilines is 1. The third-order valence-electron chi connectivity index (χ3n) is 4.91. The van der Waals surface area contributed by atoms with Gasteiger partial charge in [-0.15, -0.1) is 11.3 Å². The maximum Gasteiger partial charge on any atom is 0.272 e. The Kier molecular flexibility index (Phi) is 5.72. The molecule has 0 unspecified atom stereocenters. The second-order valence-corrected chi connectivity index (χ2v) is 8.34. The molecule has 2 aromatic heterocycles. The Labute approximate surface area is 178 Å². The van der Waals surface area contributed by atoms with E-state index in [0.717, 1.165) is 29.0 Å². The molecule has 0 aliphatic rings. The third kappa shape index (κ3) is 4.16. The number of thiazole rings is 1. The first-order chi connectivity index (χ1) is 14.5. The lowest BCUT2D eigenvalue weighted by Gasteiger charge is -2.05. The molecule has 1 amide bonds. The van der Waals surface area contributed by atoms with Gasteiger partial charge in [0.2, 0.25) is 5.91 Å². The molecule has 4 rings (SSSR count). The predicted octanol–water partition coefficient (Wildman–Crippen LogP) is 4.49. The van der Waals surface area contributed by atoms with Gasteiger partial charge in [0.1, 0.15) is 0 Å². The van der Waals surface area contributed by atoms with E-state index in [0.29, 0.717) is 21.6 Å². The van der Waals surface area contributed by atoms with Crippen molar-refractivity contribution < 1.29 is 4.79 Å². The largest absolute Gasteiger partial charge is 0.302 e. The van der Waals surface area contributed by atoms with E-state index in [2.05, 4.69) is 51.7 Å². The molecule has 0 aliphatic carbocycles. The molecule has 2 aromatic carbocycles. The number of H-pyrrole nitrogens is 1. The van der Waals surface area contributed by atoms with Crippen LogP contribution in [0.3, 0.4) is 0 Å². The van der Waals surface area contributed by atoms with Crippen molar-refractivity contribution in [1.29, 1.82) is 0 Å². The number of carbonyl (C=O) groups is 1. The van der Waals surface area contributed by atoms with E-state index in [1.54, 1.807) is 18.2 Å². The number of benzene rings is 2. The number of amides is 1. The number of hydrogen-bond acceptors (Lipinski definition) is 5. The zero-order valence-electron chi connectivity index (χ0n) is 16.9. The summed E-state index contributed by atoms with van der Waals surface area (Å²) >= 11 is 1.45. The first kappa shape index (κ1) is 20.0. The molecule has 2 heterocycles. The zero-order valence-corrected chi connectivity index (χ0v) is 17.7. The number of carbonyl (C=O) groups excluding carboxylic acids is 1. The zero-order chi connectivity index (χ0) is 21.1. The minimum atomic E-state index is -0.264. The lowest BCUT2D eigenvalue weighted by Crippen LogP contribution is -2.18. The lowest BCUT2D eigenvalue weighted by atomic mass is 10.1. The Balaban J connectivity index is 1.51. The summed E-state index contributed by atoms with van der Waals surface area (Å²) in [6, 6.07) is 15.5. The summed E-state index contributed by atoms with van der Waals surface area (Å²) < 4.78 is 0. The van der Waals surface area contributed by atoms with Crippen LogP contribution in [-0.4, -0.2) is 21.1 Å². The van der Waals surface area contributed by atoms with Crippen LogP contribution in [0, 0.1) is 6.92 Å². The van der Waals surface area contributed by atoms with Crippen molar-refractivity contribution in [3.05, 3.63) is 75.0 Å². The fourth-order valence-electron chi connectivity index (χ4n) is 3.46. The van der Waals surface area contributed by atoms with E-state index in [4.69, 9.17) is 0 Å². The molecule has 0 fully saturated rings. The molecule has 0 radical (unpaired) electrons. The first-order valence-electron chi connectivity index (χ1n) is 9.88. The highest BCUT2D eigenvalue weighted by Crippen LogP contribution is 2.30. The van der Waals surface area contributed by atoms with Gasteiger partial charge in [0.15, 0.2) is 5.13 Å². The standard InChI is InChI=1S/C23H22N4O2S/c1-3-6-15-9-11-16(12-10-15)21-14(2)30-23(25-21)24-20(28)13-19-17-7-4-5-8-18(17)22(29)27-26-19/h4-5,7-12H,3,6,13H2,1-2H3,(H,27,29)(H,24,25,28). The summed E-state index contributed by atoms with van der Waals surface area (Å²) in [5, 5.41) is 11.2. The maximum atomic E-state index is 12.6. The summed E-state index contributed by atoms with van der Waals surface area (Å²) in [5.74, 6) is -0.224. The molecule has 0 bridgehead atoms. The van der Waals surface area contributed by atoms with Gasteiger partial charge in [-0.2, -0.15) is 5.10 Å². The monoisotopic (exact) mass is 418 g/mol. The van der Waals surface area contributed by atoms with E-state index in [1.807, 2.05) is 13.0 Å². The molecule has 0 spiro atoms. The molecule has 4 aromatic rings. The minimum Gasteiger partial charge on any atom is -0.302 e. The summed E-state index contributed by atoms with van der Waals surface area (Å²) in [6.07, 6.45) is 2.23. The molecule has 0 atom stereocenters. The highest BCUT2D eigenvalue weighted by molar-refractivity contribution is 7.16. The second-order valence-electron chi connectivity index (χ2n) is 7.14. The normalized spacial score (nSPS) is 11.0. The van der Waals surface area contributed by atoms with Crippen LogP contribution in [0.2, 0.25) is 0 Å². The van der Waals surface area contributed by atoms with Gasteiger partial charge in [-0.25, -0.2) is 10.1 Å². The number of aryl methyl sites for hydroxylation is 2. The molecule has 0 saturated carbocycles. The summed E-state index contributed by atoms with van der Waals surface area (Å²) in [4.78, 5) is 30.2. The minimum absolute atomic E-state index is 0.0525. The highest BCUT2D eigenvalue weighted by atomic mass is 32.1. The van der Waals surface area contributed by atoms with Crippen LogP contribution in [-0.2, 0) is 17.6 Å². The Morgan fingerprint density at radius 2 is 1.83 bits per heavy atom. The van der Waals surface area contributed by atoms with Crippen molar-refractivity contribution in [3.63, 3.8) is 0 Å². The van der Waals surface area contributed by atoms with Gasteiger partial charge in [-0.3, -0.25) is 9.59 Å².